The second-order valence-electron chi connectivity index (χ2n) is 4.83. The minimum atomic E-state index is 0.469. The van der Waals surface area contributed by atoms with E-state index >= 15 is 0 Å². The molecule has 0 bridgehead atoms. The number of ether oxygens (including phenoxy) is 1. The molecule has 0 spiro atoms. The highest BCUT2D eigenvalue weighted by Gasteiger charge is 2.42. The molecule has 0 aromatic rings. The Morgan fingerprint density at radius 3 is 2.64 bits per heavy atom. The molecule has 0 radical (unpaired) electrons. The van der Waals surface area contributed by atoms with Crippen LogP contribution in [0, 0.1) is 5.41 Å². The van der Waals surface area contributed by atoms with Crippen LogP contribution in [-0.4, -0.2) is 31.8 Å². The first-order valence-electron chi connectivity index (χ1n) is 5.83. The van der Waals surface area contributed by atoms with E-state index in [-0.39, 0.29) is 0 Å². The largest absolute Gasteiger partial charge is 0.378 e. The lowest BCUT2D eigenvalue weighted by molar-refractivity contribution is -0.0107. The van der Waals surface area contributed by atoms with E-state index in [0.29, 0.717) is 17.6 Å². The molecule has 0 amide bonds. The third-order valence-electron chi connectivity index (χ3n) is 3.65. The molecule has 0 aromatic carbocycles. The fourth-order valence-electron chi connectivity index (χ4n) is 2.09. The third-order valence-corrected chi connectivity index (χ3v) is 3.65. The number of hydrogen-bond donors (Lipinski definition) is 2. The van der Waals surface area contributed by atoms with Gasteiger partial charge in [0.2, 0.25) is 0 Å². The molecule has 82 valence electrons. The van der Waals surface area contributed by atoms with E-state index < -0.39 is 0 Å². The molecule has 0 unspecified atom stereocenters. The van der Waals surface area contributed by atoms with Crippen LogP contribution in [0.2, 0.25) is 0 Å². The van der Waals surface area contributed by atoms with Crippen molar-refractivity contribution < 1.29 is 4.74 Å². The van der Waals surface area contributed by atoms with Crippen LogP contribution in [0.4, 0.5) is 0 Å². The molecular weight excluding hydrogens is 176 g/mol. The minimum absolute atomic E-state index is 0.469. The van der Waals surface area contributed by atoms with E-state index in [0.717, 1.165) is 19.7 Å². The lowest BCUT2D eigenvalue weighted by atomic mass is 9.88. The van der Waals surface area contributed by atoms with Gasteiger partial charge in [-0.2, -0.15) is 0 Å². The van der Waals surface area contributed by atoms with Crippen LogP contribution >= 0.6 is 0 Å². The molecule has 3 heteroatoms. The van der Waals surface area contributed by atoms with Crippen LogP contribution in [0.1, 0.15) is 32.6 Å². The molecule has 2 fully saturated rings. The van der Waals surface area contributed by atoms with Gasteiger partial charge in [0.15, 0.2) is 0 Å². The van der Waals surface area contributed by atoms with Crippen LogP contribution in [0.25, 0.3) is 0 Å². The fourth-order valence-corrected chi connectivity index (χ4v) is 2.09. The molecule has 0 heterocycles. The standard InChI is InChI=1S/C11H22N2O/c1-2-14-10-5-9(6-10)13-8-11(7-12)3-4-11/h9-10,13H,2-8,12H2,1H3. The fraction of sp³-hybridized carbons (Fsp3) is 1.00. The monoisotopic (exact) mass is 198 g/mol. The normalized spacial score (nSPS) is 33.9. The Hall–Kier alpha value is -0.120. The molecular formula is C11H22N2O. The van der Waals surface area contributed by atoms with E-state index in [1.165, 1.54) is 25.7 Å². The molecule has 3 N–H and O–H groups in total. The minimum Gasteiger partial charge on any atom is -0.378 e. The van der Waals surface area contributed by atoms with Crippen molar-refractivity contribution >= 4 is 0 Å². The Morgan fingerprint density at radius 2 is 2.14 bits per heavy atom. The van der Waals surface area contributed by atoms with Crippen molar-refractivity contribution in [3.63, 3.8) is 0 Å². The predicted octanol–water partition coefficient (Wildman–Crippen LogP) is 0.882. The zero-order valence-electron chi connectivity index (χ0n) is 9.09. The molecule has 0 aliphatic heterocycles. The maximum Gasteiger partial charge on any atom is 0.0604 e. The van der Waals surface area contributed by atoms with Crippen LogP contribution < -0.4 is 11.1 Å². The summed E-state index contributed by atoms with van der Waals surface area (Å²) in [6, 6.07) is 0.690. The van der Waals surface area contributed by atoms with Crippen molar-refractivity contribution in [3.8, 4) is 0 Å². The zero-order chi connectivity index (χ0) is 10.0. The smallest absolute Gasteiger partial charge is 0.0604 e. The summed E-state index contributed by atoms with van der Waals surface area (Å²) >= 11 is 0. The highest BCUT2D eigenvalue weighted by atomic mass is 16.5. The summed E-state index contributed by atoms with van der Waals surface area (Å²) in [4.78, 5) is 0. The molecule has 2 saturated carbocycles. The van der Waals surface area contributed by atoms with Gasteiger partial charge in [0, 0.05) is 19.2 Å². The number of rotatable bonds is 6. The summed E-state index contributed by atoms with van der Waals surface area (Å²) in [6.45, 7) is 4.88. The second kappa shape index (κ2) is 4.17. The number of nitrogens with two attached hydrogens (primary N) is 1. The van der Waals surface area contributed by atoms with Gasteiger partial charge in [-0.05, 0) is 44.6 Å². The van der Waals surface area contributed by atoms with E-state index in [1.54, 1.807) is 0 Å². The van der Waals surface area contributed by atoms with Crippen LogP contribution in [0.5, 0.6) is 0 Å². The van der Waals surface area contributed by atoms with E-state index in [9.17, 15) is 0 Å². The summed E-state index contributed by atoms with van der Waals surface area (Å²) in [5, 5.41) is 3.60. The van der Waals surface area contributed by atoms with E-state index in [4.69, 9.17) is 10.5 Å². The van der Waals surface area contributed by atoms with Crippen molar-refractivity contribution in [2.24, 2.45) is 11.1 Å². The molecule has 2 aliphatic carbocycles. The first-order valence-corrected chi connectivity index (χ1v) is 5.83. The molecule has 2 rings (SSSR count). The summed E-state index contributed by atoms with van der Waals surface area (Å²) in [5.41, 5.74) is 6.19. The van der Waals surface area contributed by atoms with Crippen LogP contribution in [0.15, 0.2) is 0 Å². The Labute approximate surface area is 86.4 Å². The van der Waals surface area contributed by atoms with Gasteiger partial charge < -0.3 is 15.8 Å². The first kappa shape index (κ1) is 10.4. The molecule has 0 aromatic heterocycles. The van der Waals surface area contributed by atoms with Gasteiger partial charge in [-0.1, -0.05) is 0 Å². The van der Waals surface area contributed by atoms with Crippen LogP contribution in [0.3, 0.4) is 0 Å². The quantitative estimate of drug-likeness (QED) is 0.666. The van der Waals surface area contributed by atoms with E-state index in [2.05, 4.69) is 12.2 Å². The average molecular weight is 198 g/mol. The summed E-state index contributed by atoms with van der Waals surface area (Å²) < 4.78 is 5.52. The second-order valence-corrected chi connectivity index (χ2v) is 4.83. The van der Waals surface area contributed by atoms with Crippen molar-refractivity contribution in [2.75, 3.05) is 19.7 Å². The maximum atomic E-state index is 5.72. The van der Waals surface area contributed by atoms with Gasteiger partial charge in [0.1, 0.15) is 0 Å². The van der Waals surface area contributed by atoms with Crippen molar-refractivity contribution in [3.05, 3.63) is 0 Å². The average Bonchev–Trinajstić information content (AvgIpc) is 2.90. The summed E-state index contributed by atoms with van der Waals surface area (Å²) in [6.07, 6.45) is 5.53. The SMILES string of the molecule is CCOC1CC(NCC2(CN)CC2)C1. The first-order chi connectivity index (χ1) is 6.78. The Morgan fingerprint density at radius 1 is 1.43 bits per heavy atom. The highest BCUT2D eigenvalue weighted by Crippen LogP contribution is 2.44. The lowest BCUT2D eigenvalue weighted by Crippen LogP contribution is -2.47. The lowest BCUT2D eigenvalue weighted by Gasteiger charge is -2.36. The predicted molar refractivity (Wildman–Crippen MR) is 57.2 cm³/mol. The zero-order valence-corrected chi connectivity index (χ0v) is 9.09. The van der Waals surface area contributed by atoms with Gasteiger partial charge in [-0.3, -0.25) is 0 Å². The topological polar surface area (TPSA) is 47.3 Å². The Balaban J connectivity index is 1.56. The number of hydrogen-bond acceptors (Lipinski definition) is 3. The van der Waals surface area contributed by atoms with Crippen molar-refractivity contribution in [1.29, 1.82) is 0 Å². The summed E-state index contributed by atoms with van der Waals surface area (Å²) in [7, 11) is 0. The Bertz CT molecular complexity index is 186. The molecule has 2 aliphatic rings. The van der Waals surface area contributed by atoms with Gasteiger partial charge in [-0.15, -0.1) is 0 Å². The molecule has 14 heavy (non-hydrogen) atoms. The molecule has 3 nitrogen and oxygen atoms in total. The maximum absolute atomic E-state index is 5.72. The molecule has 0 saturated heterocycles. The van der Waals surface area contributed by atoms with Crippen molar-refractivity contribution in [2.45, 2.75) is 44.8 Å². The Kier molecular flexibility index (Phi) is 3.10. The number of nitrogens with one attached hydrogen (secondary N) is 1. The van der Waals surface area contributed by atoms with Gasteiger partial charge in [-0.25, -0.2) is 0 Å². The van der Waals surface area contributed by atoms with Gasteiger partial charge in [0.05, 0.1) is 6.10 Å². The highest BCUT2D eigenvalue weighted by molar-refractivity contribution is 4.97. The van der Waals surface area contributed by atoms with Crippen molar-refractivity contribution in [1.82, 2.24) is 5.32 Å². The summed E-state index contributed by atoms with van der Waals surface area (Å²) in [5.74, 6) is 0. The molecule has 0 atom stereocenters. The van der Waals surface area contributed by atoms with Crippen LogP contribution in [-0.2, 0) is 4.74 Å². The van der Waals surface area contributed by atoms with Gasteiger partial charge >= 0.3 is 0 Å². The van der Waals surface area contributed by atoms with E-state index in [1.807, 2.05) is 0 Å². The third kappa shape index (κ3) is 2.27. The van der Waals surface area contributed by atoms with Gasteiger partial charge in [0.25, 0.3) is 0 Å².